The molecule has 3 aromatic carbocycles. The van der Waals surface area contributed by atoms with Gasteiger partial charge in [0.15, 0.2) is 0 Å². The fourth-order valence-corrected chi connectivity index (χ4v) is 11.2. The van der Waals surface area contributed by atoms with Crippen LogP contribution >= 0.6 is 11.8 Å². The van der Waals surface area contributed by atoms with Gasteiger partial charge in [0.05, 0.1) is 0 Å². The molecule has 2 unspecified atom stereocenters. The van der Waals surface area contributed by atoms with Gasteiger partial charge in [0.2, 0.25) is 0 Å². The van der Waals surface area contributed by atoms with Crippen LogP contribution in [0.4, 0.5) is 0 Å². The quantitative estimate of drug-likeness (QED) is 0.248. The SMILES string of the molecule is C=C(C)Cc1c(C)c2c(c(C3CCC(=C)NCCc4ccc(CC)cc4CCSCC4[C@H](NC)c5cc(CC)c(C)cc5CCCN34)c1C)CCC2. The van der Waals surface area contributed by atoms with Gasteiger partial charge in [0.1, 0.15) is 0 Å². The van der Waals surface area contributed by atoms with Gasteiger partial charge in [0, 0.05) is 36.1 Å². The molecule has 2 heterocycles. The van der Waals surface area contributed by atoms with E-state index in [0.717, 1.165) is 76.0 Å². The van der Waals surface area contributed by atoms with Crippen molar-refractivity contribution in [2.45, 2.75) is 137 Å². The molecule has 0 radical (unpaired) electrons. The Balaban J connectivity index is 1.50. The van der Waals surface area contributed by atoms with Crippen molar-refractivity contribution in [2.75, 3.05) is 31.6 Å². The minimum absolute atomic E-state index is 0.265. The third kappa shape index (κ3) is 8.30. The molecule has 0 saturated carbocycles. The summed E-state index contributed by atoms with van der Waals surface area (Å²) in [7, 11) is 2.23. The summed E-state index contributed by atoms with van der Waals surface area (Å²) in [6.07, 6.45) is 13.4. The maximum absolute atomic E-state index is 4.65. The standard InChI is InChI=1S/C48H67N3S/c1-10-36-18-19-38-21-23-50-33(6)17-20-45(47-35(8)43(26-31(3)4)34(7)41-15-12-16-42(41)47)51-24-13-14-40-27-32(5)37(11-2)29-44(40)48(49-9)46(51)30-52-25-22-39(38)28-36/h18-19,27-29,45-46,48-50H,3,6,10-17,20-26,30H2,1-2,4-5,7-9H3/t45?,46?,48-/m1/s1. The molecule has 280 valence electrons. The number of benzene rings is 3. The summed E-state index contributed by atoms with van der Waals surface area (Å²) < 4.78 is 0. The minimum Gasteiger partial charge on any atom is -0.388 e. The molecule has 6 rings (SSSR count). The van der Waals surface area contributed by atoms with E-state index >= 15 is 0 Å². The molecule has 0 saturated heterocycles. The fourth-order valence-electron chi connectivity index (χ4n) is 10.00. The Morgan fingerprint density at radius 2 is 1.71 bits per heavy atom. The first kappa shape index (κ1) is 38.9. The monoisotopic (exact) mass is 718 g/mol. The molecule has 2 aliphatic heterocycles. The van der Waals surface area contributed by atoms with Crippen LogP contribution in [0.3, 0.4) is 0 Å². The van der Waals surface area contributed by atoms with Gasteiger partial charge in [-0.15, -0.1) is 0 Å². The first-order valence-electron chi connectivity index (χ1n) is 20.6. The Labute approximate surface area is 321 Å². The number of nitrogens with zero attached hydrogens (tertiary/aromatic N) is 1. The van der Waals surface area contributed by atoms with E-state index in [1.807, 2.05) is 0 Å². The Bertz CT molecular complexity index is 1770. The molecule has 1 aliphatic carbocycles. The lowest BCUT2D eigenvalue weighted by Crippen LogP contribution is -2.49. The van der Waals surface area contributed by atoms with Gasteiger partial charge in [-0.05, 0) is 196 Å². The van der Waals surface area contributed by atoms with Gasteiger partial charge in [-0.2, -0.15) is 11.8 Å². The molecule has 0 amide bonds. The van der Waals surface area contributed by atoms with E-state index in [9.17, 15) is 0 Å². The van der Waals surface area contributed by atoms with Crippen LogP contribution in [-0.4, -0.2) is 42.6 Å². The molecule has 4 heteroatoms. The van der Waals surface area contributed by atoms with E-state index in [4.69, 9.17) is 0 Å². The number of nitrogens with one attached hydrogen (secondary N) is 2. The zero-order valence-electron chi connectivity index (χ0n) is 33.7. The van der Waals surface area contributed by atoms with Crippen LogP contribution in [0.1, 0.15) is 131 Å². The van der Waals surface area contributed by atoms with Crippen LogP contribution in [-0.2, 0) is 51.4 Å². The average molecular weight is 718 g/mol. The predicted octanol–water partition coefficient (Wildman–Crippen LogP) is 10.4. The van der Waals surface area contributed by atoms with Crippen molar-refractivity contribution in [2.24, 2.45) is 0 Å². The highest BCUT2D eigenvalue weighted by Gasteiger charge is 2.38. The summed E-state index contributed by atoms with van der Waals surface area (Å²) >= 11 is 2.19. The number of hydrogen-bond acceptors (Lipinski definition) is 4. The van der Waals surface area contributed by atoms with Crippen LogP contribution < -0.4 is 10.6 Å². The highest BCUT2D eigenvalue weighted by molar-refractivity contribution is 7.99. The van der Waals surface area contributed by atoms with Gasteiger partial charge >= 0.3 is 0 Å². The van der Waals surface area contributed by atoms with E-state index in [2.05, 4.69) is 119 Å². The van der Waals surface area contributed by atoms with Crippen LogP contribution in [0.2, 0.25) is 0 Å². The lowest BCUT2D eigenvalue weighted by atomic mass is 9.80. The van der Waals surface area contributed by atoms with Crippen LogP contribution in [0.5, 0.6) is 0 Å². The summed E-state index contributed by atoms with van der Waals surface area (Å²) in [6, 6.07) is 13.3. The van der Waals surface area contributed by atoms with Gasteiger partial charge in [0.25, 0.3) is 0 Å². The molecule has 0 fully saturated rings. The smallest absolute Gasteiger partial charge is 0.0486 e. The number of aryl methyl sites for hydroxylation is 5. The van der Waals surface area contributed by atoms with Gasteiger partial charge in [-0.3, -0.25) is 4.90 Å². The van der Waals surface area contributed by atoms with Crippen molar-refractivity contribution < 1.29 is 0 Å². The lowest BCUT2D eigenvalue weighted by molar-refractivity contribution is 0.106. The average Bonchev–Trinajstić information content (AvgIpc) is 3.61. The van der Waals surface area contributed by atoms with Crippen molar-refractivity contribution >= 4 is 11.8 Å². The molecule has 3 nitrogen and oxygen atoms in total. The fraction of sp³-hybridized carbons (Fsp3) is 0.542. The molecule has 0 bridgehead atoms. The number of hydrogen-bond donors (Lipinski definition) is 2. The molecule has 0 aromatic heterocycles. The van der Waals surface area contributed by atoms with Crippen LogP contribution in [0.15, 0.2) is 54.8 Å². The number of fused-ring (bicyclic) bond motifs is 4. The second-order valence-corrected chi connectivity index (χ2v) is 17.4. The van der Waals surface area contributed by atoms with E-state index in [1.54, 1.807) is 22.3 Å². The maximum Gasteiger partial charge on any atom is 0.0486 e. The Kier molecular flexibility index (Phi) is 13.1. The Morgan fingerprint density at radius 3 is 2.46 bits per heavy atom. The highest BCUT2D eigenvalue weighted by atomic mass is 32.2. The Hall–Kier alpha value is -2.79. The highest BCUT2D eigenvalue weighted by Crippen LogP contribution is 2.44. The first-order chi connectivity index (χ1) is 25.1. The second-order valence-electron chi connectivity index (χ2n) is 16.2. The predicted molar refractivity (Wildman–Crippen MR) is 227 cm³/mol. The second kappa shape index (κ2) is 17.6. The van der Waals surface area contributed by atoms with Gasteiger partial charge in [-0.1, -0.05) is 62.9 Å². The summed E-state index contributed by atoms with van der Waals surface area (Å²) in [6.45, 7) is 25.1. The molecule has 0 spiro atoms. The number of rotatable bonds is 6. The molecule has 3 atom stereocenters. The Morgan fingerprint density at radius 1 is 0.904 bits per heavy atom. The van der Waals surface area contributed by atoms with E-state index in [1.165, 1.54) is 87.0 Å². The van der Waals surface area contributed by atoms with E-state index < -0.39 is 0 Å². The third-order valence-electron chi connectivity index (χ3n) is 12.8. The van der Waals surface area contributed by atoms with Crippen molar-refractivity contribution in [3.8, 4) is 0 Å². The molecular formula is C48H67N3S. The van der Waals surface area contributed by atoms with E-state index in [0.29, 0.717) is 12.1 Å². The van der Waals surface area contributed by atoms with Crippen molar-refractivity contribution in [1.29, 1.82) is 0 Å². The molecule has 52 heavy (non-hydrogen) atoms. The first-order valence-corrected chi connectivity index (χ1v) is 21.7. The lowest BCUT2D eigenvalue weighted by Gasteiger charge is -2.45. The molecule has 3 aliphatic rings. The number of thioether (sulfide) groups is 1. The molecule has 3 aromatic rings. The van der Waals surface area contributed by atoms with Gasteiger partial charge < -0.3 is 10.6 Å². The number of likely N-dealkylation sites (N-methyl/N-ethyl adjacent to an activating group) is 1. The van der Waals surface area contributed by atoms with Gasteiger partial charge in [-0.25, -0.2) is 0 Å². The summed E-state index contributed by atoms with van der Waals surface area (Å²) in [4.78, 5) is 3.01. The maximum atomic E-state index is 4.65. The van der Waals surface area contributed by atoms with Crippen LogP contribution in [0.25, 0.3) is 0 Å². The van der Waals surface area contributed by atoms with Crippen molar-refractivity contribution in [1.82, 2.24) is 15.5 Å². The van der Waals surface area contributed by atoms with E-state index in [-0.39, 0.29) is 6.04 Å². The third-order valence-corrected chi connectivity index (χ3v) is 13.9. The largest absolute Gasteiger partial charge is 0.388 e. The molecule has 2 N–H and O–H groups in total. The van der Waals surface area contributed by atoms with Crippen molar-refractivity contribution in [3.63, 3.8) is 0 Å². The minimum atomic E-state index is 0.265. The molecular weight excluding hydrogens is 651 g/mol. The zero-order chi connectivity index (χ0) is 36.9. The van der Waals surface area contributed by atoms with Crippen LogP contribution in [0, 0.1) is 20.8 Å². The van der Waals surface area contributed by atoms with Crippen molar-refractivity contribution in [3.05, 3.63) is 127 Å². The number of allylic oxidation sites excluding steroid dienone is 2. The summed E-state index contributed by atoms with van der Waals surface area (Å²) in [5, 5.41) is 7.78. The summed E-state index contributed by atoms with van der Waals surface area (Å²) in [5.41, 5.74) is 22.5. The summed E-state index contributed by atoms with van der Waals surface area (Å²) in [5.74, 6) is 2.26. The normalized spacial score (nSPS) is 21.8. The topological polar surface area (TPSA) is 27.3 Å². The zero-order valence-corrected chi connectivity index (χ0v) is 34.5.